The molecule has 1 unspecified atom stereocenters. The summed E-state index contributed by atoms with van der Waals surface area (Å²) in [5.41, 5.74) is 0. The van der Waals surface area contributed by atoms with Gasteiger partial charge in [-0.3, -0.25) is 4.99 Å². The molecule has 0 amide bonds. The highest BCUT2D eigenvalue weighted by Crippen LogP contribution is 2.25. The van der Waals surface area contributed by atoms with Crippen molar-refractivity contribution in [2.75, 3.05) is 25.9 Å². The molecule has 2 N–H and O–H groups in total. The van der Waals surface area contributed by atoms with Crippen LogP contribution in [0, 0.1) is 6.92 Å². The zero-order chi connectivity index (χ0) is 13.5. The first-order valence-electron chi connectivity index (χ1n) is 6.83. The Morgan fingerprint density at radius 2 is 2.47 bits per heavy atom. The van der Waals surface area contributed by atoms with Crippen LogP contribution >= 0.6 is 11.8 Å². The van der Waals surface area contributed by atoms with Crippen LogP contribution in [0.5, 0.6) is 0 Å². The highest BCUT2D eigenvalue weighted by molar-refractivity contribution is 8.00. The fraction of sp³-hybridized carbons (Fsp3) is 0.692. The first-order valence-corrected chi connectivity index (χ1v) is 7.88. The molecular formula is C13H23N5S. The Morgan fingerprint density at radius 3 is 3.11 bits per heavy atom. The molecule has 5 nitrogen and oxygen atoms in total. The fourth-order valence-electron chi connectivity index (χ4n) is 2.17. The van der Waals surface area contributed by atoms with E-state index in [1.165, 1.54) is 18.6 Å². The summed E-state index contributed by atoms with van der Waals surface area (Å²) in [4.78, 5) is 8.46. The number of guanidine groups is 1. The van der Waals surface area contributed by atoms with Crippen LogP contribution in [0.25, 0.3) is 0 Å². The van der Waals surface area contributed by atoms with Crippen molar-refractivity contribution in [3.63, 3.8) is 0 Å². The van der Waals surface area contributed by atoms with Gasteiger partial charge in [0.25, 0.3) is 0 Å². The smallest absolute Gasteiger partial charge is 0.191 e. The molecule has 2 heterocycles. The Hall–Kier alpha value is -1.17. The van der Waals surface area contributed by atoms with E-state index in [0.29, 0.717) is 0 Å². The van der Waals surface area contributed by atoms with Crippen molar-refractivity contribution in [3.8, 4) is 0 Å². The molecule has 1 aliphatic rings. The van der Waals surface area contributed by atoms with Crippen LogP contribution < -0.4 is 10.6 Å². The van der Waals surface area contributed by atoms with Crippen molar-refractivity contribution in [2.45, 2.75) is 31.6 Å². The number of nitrogens with one attached hydrogen (secondary N) is 2. The number of hydrogen-bond donors (Lipinski definition) is 2. The standard InChI is InChI=1S/C13H23N5S/c1-11-15-5-7-18(11)8-6-16-13(14-2)17-10-12-4-3-9-19-12/h5,7,12H,3-4,6,8-10H2,1-2H3,(H2,14,16,17). The minimum atomic E-state index is 0.745. The third kappa shape index (κ3) is 4.45. The molecule has 1 aromatic rings. The van der Waals surface area contributed by atoms with E-state index in [-0.39, 0.29) is 0 Å². The van der Waals surface area contributed by atoms with Crippen LogP contribution in [-0.2, 0) is 6.54 Å². The maximum absolute atomic E-state index is 4.25. The monoisotopic (exact) mass is 281 g/mol. The van der Waals surface area contributed by atoms with Gasteiger partial charge >= 0.3 is 0 Å². The normalized spacial score (nSPS) is 19.7. The van der Waals surface area contributed by atoms with E-state index in [9.17, 15) is 0 Å². The molecule has 19 heavy (non-hydrogen) atoms. The summed E-state index contributed by atoms with van der Waals surface area (Å²) in [6, 6.07) is 0. The second-order valence-corrected chi connectivity index (χ2v) is 6.09. The van der Waals surface area contributed by atoms with E-state index >= 15 is 0 Å². The van der Waals surface area contributed by atoms with E-state index in [0.717, 1.165) is 36.7 Å². The van der Waals surface area contributed by atoms with Gasteiger partial charge in [-0.25, -0.2) is 4.98 Å². The number of aromatic nitrogens is 2. The molecule has 1 saturated heterocycles. The molecule has 1 aliphatic heterocycles. The van der Waals surface area contributed by atoms with Crippen molar-refractivity contribution in [1.29, 1.82) is 0 Å². The summed E-state index contributed by atoms with van der Waals surface area (Å²) in [7, 11) is 1.82. The Morgan fingerprint density at radius 1 is 1.58 bits per heavy atom. The second-order valence-electron chi connectivity index (χ2n) is 4.68. The van der Waals surface area contributed by atoms with E-state index in [1.54, 1.807) is 0 Å². The molecule has 0 saturated carbocycles. The Labute approximate surface area is 119 Å². The molecule has 106 valence electrons. The first kappa shape index (κ1) is 14.2. The fourth-order valence-corrected chi connectivity index (χ4v) is 3.37. The molecule has 0 spiro atoms. The molecule has 1 atom stereocenters. The first-order chi connectivity index (χ1) is 9.29. The number of aliphatic imine (C=N–C) groups is 1. The van der Waals surface area contributed by atoms with Crippen LogP contribution in [0.2, 0.25) is 0 Å². The maximum atomic E-state index is 4.25. The lowest BCUT2D eigenvalue weighted by Crippen LogP contribution is -2.41. The lowest BCUT2D eigenvalue weighted by atomic mass is 10.2. The number of rotatable bonds is 5. The highest BCUT2D eigenvalue weighted by Gasteiger charge is 2.15. The number of hydrogen-bond acceptors (Lipinski definition) is 3. The molecule has 2 rings (SSSR count). The van der Waals surface area contributed by atoms with E-state index in [1.807, 2.05) is 26.4 Å². The minimum Gasteiger partial charge on any atom is -0.355 e. The van der Waals surface area contributed by atoms with Gasteiger partial charge in [0, 0.05) is 44.3 Å². The summed E-state index contributed by atoms with van der Waals surface area (Å²) in [6.45, 7) is 4.79. The van der Waals surface area contributed by atoms with Crippen LogP contribution in [-0.4, -0.2) is 46.7 Å². The van der Waals surface area contributed by atoms with E-state index in [2.05, 4.69) is 36.9 Å². The van der Waals surface area contributed by atoms with Crippen LogP contribution in [0.4, 0.5) is 0 Å². The summed E-state index contributed by atoms with van der Waals surface area (Å²) in [5, 5.41) is 7.48. The van der Waals surface area contributed by atoms with Crippen molar-refractivity contribution < 1.29 is 0 Å². The van der Waals surface area contributed by atoms with Gasteiger partial charge in [-0.05, 0) is 25.5 Å². The van der Waals surface area contributed by atoms with Crippen molar-refractivity contribution in [3.05, 3.63) is 18.2 Å². The highest BCUT2D eigenvalue weighted by atomic mass is 32.2. The third-order valence-electron chi connectivity index (χ3n) is 3.31. The van der Waals surface area contributed by atoms with Crippen LogP contribution in [0.1, 0.15) is 18.7 Å². The largest absolute Gasteiger partial charge is 0.355 e. The topological polar surface area (TPSA) is 54.2 Å². The average molecular weight is 281 g/mol. The molecule has 0 bridgehead atoms. The van der Waals surface area contributed by atoms with Gasteiger partial charge < -0.3 is 15.2 Å². The molecule has 0 radical (unpaired) electrons. The Balaban J connectivity index is 1.66. The summed E-state index contributed by atoms with van der Waals surface area (Å²) in [5.74, 6) is 3.25. The number of aryl methyl sites for hydroxylation is 1. The SMILES string of the molecule is CN=C(NCCn1ccnc1C)NCC1CCCS1. The van der Waals surface area contributed by atoms with Crippen molar-refractivity contribution >= 4 is 17.7 Å². The second kappa shape index (κ2) is 7.43. The molecule has 0 aromatic carbocycles. The van der Waals surface area contributed by atoms with E-state index < -0.39 is 0 Å². The summed E-state index contributed by atoms with van der Waals surface area (Å²) >= 11 is 2.06. The molecule has 6 heteroatoms. The molecular weight excluding hydrogens is 258 g/mol. The number of thioether (sulfide) groups is 1. The van der Waals surface area contributed by atoms with E-state index in [4.69, 9.17) is 0 Å². The predicted molar refractivity (Wildman–Crippen MR) is 81.8 cm³/mol. The summed E-state index contributed by atoms with van der Waals surface area (Å²) in [6.07, 6.45) is 6.51. The zero-order valence-corrected chi connectivity index (χ0v) is 12.5. The summed E-state index contributed by atoms with van der Waals surface area (Å²) < 4.78 is 2.13. The lowest BCUT2D eigenvalue weighted by Gasteiger charge is -2.15. The van der Waals surface area contributed by atoms with Gasteiger partial charge in [-0.1, -0.05) is 0 Å². The zero-order valence-electron chi connectivity index (χ0n) is 11.7. The van der Waals surface area contributed by atoms with Gasteiger partial charge in [0.2, 0.25) is 0 Å². The van der Waals surface area contributed by atoms with Gasteiger partial charge in [-0.2, -0.15) is 11.8 Å². The maximum Gasteiger partial charge on any atom is 0.191 e. The molecule has 0 aliphatic carbocycles. The molecule has 1 fully saturated rings. The van der Waals surface area contributed by atoms with Gasteiger partial charge in [0.1, 0.15) is 5.82 Å². The lowest BCUT2D eigenvalue weighted by molar-refractivity contribution is 0.642. The van der Waals surface area contributed by atoms with Crippen molar-refractivity contribution in [1.82, 2.24) is 20.2 Å². The van der Waals surface area contributed by atoms with Gasteiger partial charge in [0.05, 0.1) is 0 Å². The number of nitrogens with zero attached hydrogens (tertiary/aromatic N) is 3. The Kier molecular flexibility index (Phi) is 5.57. The quantitative estimate of drug-likeness (QED) is 0.630. The third-order valence-corrected chi connectivity index (χ3v) is 4.71. The van der Waals surface area contributed by atoms with Crippen LogP contribution in [0.3, 0.4) is 0 Å². The molecule has 1 aromatic heterocycles. The number of imidazole rings is 1. The van der Waals surface area contributed by atoms with Crippen LogP contribution in [0.15, 0.2) is 17.4 Å². The van der Waals surface area contributed by atoms with Gasteiger partial charge in [-0.15, -0.1) is 0 Å². The minimum absolute atomic E-state index is 0.745. The predicted octanol–water partition coefficient (Wildman–Crippen LogP) is 1.25. The average Bonchev–Trinajstić information content (AvgIpc) is 3.06. The Bertz CT molecular complexity index is 409. The van der Waals surface area contributed by atoms with Crippen molar-refractivity contribution in [2.24, 2.45) is 4.99 Å². The van der Waals surface area contributed by atoms with Gasteiger partial charge in [0.15, 0.2) is 5.96 Å².